The SMILES string of the molecule is O=C1NC(=O)C(=C(Cc2ccccc2)C2=COCO2)S1. The van der Waals surface area contributed by atoms with E-state index in [9.17, 15) is 9.59 Å². The van der Waals surface area contributed by atoms with Gasteiger partial charge >= 0.3 is 0 Å². The van der Waals surface area contributed by atoms with Crippen molar-refractivity contribution >= 4 is 22.9 Å². The predicted octanol–water partition coefficient (Wildman–Crippen LogP) is 2.31. The van der Waals surface area contributed by atoms with Gasteiger partial charge in [0, 0.05) is 12.0 Å². The molecule has 0 aromatic heterocycles. The molecule has 1 aromatic rings. The molecule has 0 spiro atoms. The van der Waals surface area contributed by atoms with E-state index in [0.717, 1.165) is 17.3 Å². The largest absolute Gasteiger partial charge is 0.461 e. The summed E-state index contributed by atoms with van der Waals surface area (Å²) < 4.78 is 10.4. The van der Waals surface area contributed by atoms with Gasteiger partial charge in [0.2, 0.25) is 6.79 Å². The maximum atomic E-state index is 11.8. The highest BCUT2D eigenvalue weighted by atomic mass is 32.2. The van der Waals surface area contributed by atoms with Gasteiger partial charge < -0.3 is 9.47 Å². The maximum Gasteiger partial charge on any atom is 0.290 e. The van der Waals surface area contributed by atoms with Crippen LogP contribution in [-0.2, 0) is 20.7 Å². The quantitative estimate of drug-likeness (QED) is 0.865. The number of hydrogen-bond donors (Lipinski definition) is 1. The lowest BCUT2D eigenvalue weighted by atomic mass is 10.0. The fraction of sp³-hybridized carbons (Fsp3) is 0.143. The summed E-state index contributed by atoms with van der Waals surface area (Å²) >= 11 is 0.892. The molecule has 2 aliphatic heterocycles. The molecule has 2 aliphatic rings. The van der Waals surface area contributed by atoms with Gasteiger partial charge in [0.1, 0.15) is 6.26 Å². The minimum Gasteiger partial charge on any atom is -0.461 e. The number of imide groups is 1. The smallest absolute Gasteiger partial charge is 0.290 e. The molecule has 20 heavy (non-hydrogen) atoms. The van der Waals surface area contributed by atoms with E-state index in [0.29, 0.717) is 22.7 Å². The number of nitrogens with one attached hydrogen (secondary N) is 1. The second-order valence-corrected chi connectivity index (χ2v) is 5.21. The highest BCUT2D eigenvalue weighted by Gasteiger charge is 2.31. The molecule has 1 fully saturated rings. The fourth-order valence-electron chi connectivity index (χ4n) is 1.99. The Balaban J connectivity index is 1.98. The number of allylic oxidation sites excluding steroid dienone is 1. The molecular formula is C14H11NO4S. The molecule has 2 heterocycles. The average Bonchev–Trinajstić information content (AvgIpc) is 3.07. The summed E-state index contributed by atoms with van der Waals surface area (Å²) in [7, 11) is 0. The molecule has 0 radical (unpaired) electrons. The number of carbonyl (C=O) groups excluding carboxylic acids is 2. The Hall–Kier alpha value is -2.21. The van der Waals surface area contributed by atoms with Crippen LogP contribution in [0.1, 0.15) is 5.56 Å². The Morgan fingerprint density at radius 3 is 2.65 bits per heavy atom. The number of amides is 2. The van der Waals surface area contributed by atoms with Crippen LogP contribution in [0.3, 0.4) is 0 Å². The normalized spacial score (nSPS) is 20.1. The van der Waals surface area contributed by atoms with Crippen LogP contribution < -0.4 is 5.32 Å². The number of benzene rings is 1. The van der Waals surface area contributed by atoms with Gasteiger partial charge in [-0.1, -0.05) is 30.3 Å². The van der Waals surface area contributed by atoms with Crippen molar-refractivity contribution < 1.29 is 19.1 Å². The van der Waals surface area contributed by atoms with Gasteiger partial charge in [-0.3, -0.25) is 14.9 Å². The van der Waals surface area contributed by atoms with Crippen molar-refractivity contribution in [3.05, 3.63) is 58.4 Å². The molecule has 0 saturated carbocycles. The van der Waals surface area contributed by atoms with Crippen molar-refractivity contribution in [3.63, 3.8) is 0 Å². The average molecular weight is 289 g/mol. The van der Waals surface area contributed by atoms with E-state index in [-0.39, 0.29) is 17.9 Å². The third kappa shape index (κ3) is 2.55. The van der Waals surface area contributed by atoms with E-state index in [1.165, 1.54) is 6.26 Å². The molecule has 0 bridgehead atoms. The number of rotatable bonds is 3. The van der Waals surface area contributed by atoms with Crippen LogP contribution in [0.2, 0.25) is 0 Å². The van der Waals surface area contributed by atoms with Gasteiger partial charge in [-0.25, -0.2) is 0 Å². The topological polar surface area (TPSA) is 64.6 Å². The summed E-state index contributed by atoms with van der Waals surface area (Å²) in [6, 6.07) is 9.67. The van der Waals surface area contributed by atoms with Crippen LogP contribution >= 0.6 is 11.8 Å². The van der Waals surface area contributed by atoms with Gasteiger partial charge in [0.15, 0.2) is 5.76 Å². The van der Waals surface area contributed by atoms with Crippen LogP contribution in [-0.4, -0.2) is 17.9 Å². The van der Waals surface area contributed by atoms with Gasteiger partial charge in [0.05, 0.1) is 4.91 Å². The minimum absolute atomic E-state index is 0.126. The molecule has 1 aromatic carbocycles. The predicted molar refractivity (Wildman–Crippen MR) is 73.4 cm³/mol. The third-order valence-electron chi connectivity index (χ3n) is 2.88. The zero-order valence-electron chi connectivity index (χ0n) is 10.4. The fourth-order valence-corrected chi connectivity index (χ4v) is 2.76. The van der Waals surface area contributed by atoms with Crippen molar-refractivity contribution in [2.45, 2.75) is 6.42 Å². The van der Waals surface area contributed by atoms with Crippen LogP contribution in [0.5, 0.6) is 0 Å². The van der Waals surface area contributed by atoms with Crippen LogP contribution in [0.25, 0.3) is 0 Å². The standard InChI is InChI=1S/C14H11NO4S/c16-13-12(20-14(17)15-13)10(11-7-18-8-19-11)6-9-4-2-1-3-5-9/h1-5,7H,6,8H2,(H,15,16,17). The Kier molecular flexibility index (Phi) is 3.47. The van der Waals surface area contributed by atoms with Crippen LogP contribution in [0.4, 0.5) is 4.79 Å². The second-order valence-electron chi connectivity index (χ2n) is 4.22. The lowest BCUT2D eigenvalue weighted by Gasteiger charge is -2.09. The zero-order valence-corrected chi connectivity index (χ0v) is 11.2. The number of thioether (sulfide) groups is 1. The molecule has 0 atom stereocenters. The Morgan fingerprint density at radius 2 is 2.05 bits per heavy atom. The van der Waals surface area contributed by atoms with E-state index in [1.807, 2.05) is 30.3 Å². The second kappa shape index (κ2) is 5.42. The summed E-state index contributed by atoms with van der Waals surface area (Å²) in [6.45, 7) is 0.126. The van der Waals surface area contributed by atoms with E-state index in [1.54, 1.807) is 0 Å². The highest BCUT2D eigenvalue weighted by Crippen LogP contribution is 2.33. The van der Waals surface area contributed by atoms with E-state index >= 15 is 0 Å². The van der Waals surface area contributed by atoms with Crippen LogP contribution in [0, 0.1) is 0 Å². The molecule has 0 unspecified atom stereocenters. The summed E-state index contributed by atoms with van der Waals surface area (Å²) in [4.78, 5) is 23.6. The Bertz CT molecular complexity index is 621. The van der Waals surface area contributed by atoms with E-state index < -0.39 is 0 Å². The molecule has 0 aliphatic carbocycles. The van der Waals surface area contributed by atoms with E-state index in [2.05, 4.69) is 5.32 Å². The first kappa shape index (κ1) is 12.8. The zero-order chi connectivity index (χ0) is 13.9. The maximum absolute atomic E-state index is 11.8. The summed E-state index contributed by atoms with van der Waals surface area (Å²) in [6.07, 6.45) is 1.97. The lowest BCUT2D eigenvalue weighted by molar-refractivity contribution is -0.115. The van der Waals surface area contributed by atoms with Crippen molar-refractivity contribution in [2.75, 3.05) is 6.79 Å². The molecule has 1 N–H and O–H groups in total. The molecule has 102 valence electrons. The van der Waals surface area contributed by atoms with Gasteiger partial charge in [-0.15, -0.1) is 0 Å². The molecule has 5 nitrogen and oxygen atoms in total. The minimum atomic E-state index is -0.387. The molecule has 6 heteroatoms. The lowest BCUT2D eigenvalue weighted by Crippen LogP contribution is -2.19. The van der Waals surface area contributed by atoms with Crippen molar-refractivity contribution in [3.8, 4) is 0 Å². The van der Waals surface area contributed by atoms with Crippen molar-refractivity contribution in [1.29, 1.82) is 0 Å². The number of ether oxygens (including phenoxy) is 2. The number of carbonyl (C=O) groups is 2. The molecule has 3 rings (SSSR count). The van der Waals surface area contributed by atoms with Crippen LogP contribution in [0.15, 0.2) is 52.8 Å². The van der Waals surface area contributed by atoms with Gasteiger partial charge in [-0.2, -0.15) is 0 Å². The first-order chi connectivity index (χ1) is 9.74. The molecule has 1 saturated heterocycles. The third-order valence-corrected chi connectivity index (χ3v) is 3.81. The van der Waals surface area contributed by atoms with E-state index in [4.69, 9.17) is 9.47 Å². The monoisotopic (exact) mass is 289 g/mol. The summed E-state index contributed by atoms with van der Waals surface area (Å²) in [5.41, 5.74) is 1.70. The van der Waals surface area contributed by atoms with Gasteiger partial charge in [-0.05, 0) is 17.3 Å². The Labute approximate surface area is 119 Å². The molecular weight excluding hydrogens is 278 g/mol. The first-order valence-electron chi connectivity index (χ1n) is 5.99. The summed E-state index contributed by atoms with van der Waals surface area (Å²) in [5.74, 6) is 0.114. The highest BCUT2D eigenvalue weighted by molar-refractivity contribution is 8.18. The summed E-state index contributed by atoms with van der Waals surface area (Å²) in [5, 5.41) is 1.89. The first-order valence-corrected chi connectivity index (χ1v) is 6.81. The van der Waals surface area contributed by atoms with Gasteiger partial charge in [0.25, 0.3) is 11.1 Å². The number of hydrogen-bond acceptors (Lipinski definition) is 5. The van der Waals surface area contributed by atoms with Crippen molar-refractivity contribution in [2.24, 2.45) is 0 Å². The Morgan fingerprint density at radius 1 is 1.25 bits per heavy atom. The molecule has 2 amide bonds. The van der Waals surface area contributed by atoms with Crippen molar-refractivity contribution in [1.82, 2.24) is 5.32 Å².